The number of nitrogens with one attached hydrogen (secondary N) is 2. The van der Waals surface area contributed by atoms with Crippen LogP contribution >= 0.6 is 0 Å². The summed E-state index contributed by atoms with van der Waals surface area (Å²) in [5, 5.41) is 3.08. The zero-order valence-electron chi connectivity index (χ0n) is 26.3. The first kappa shape index (κ1) is 31.3. The molecule has 11 nitrogen and oxygen atoms in total. The Bertz CT molecular complexity index is 1850. The lowest BCUT2D eigenvalue weighted by Crippen LogP contribution is -2.54. The van der Waals surface area contributed by atoms with Gasteiger partial charge in [0.15, 0.2) is 5.82 Å². The van der Waals surface area contributed by atoms with Gasteiger partial charge in [0.2, 0.25) is 27.7 Å². The molecule has 12 heteroatoms. The smallest absolute Gasteiger partial charge is 0.259 e. The van der Waals surface area contributed by atoms with Crippen molar-refractivity contribution in [2.45, 2.75) is 68.3 Å². The van der Waals surface area contributed by atoms with Crippen molar-refractivity contribution in [3.8, 4) is 17.3 Å². The van der Waals surface area contributed by atoms with Crippen LogP contribution in [0.4, 0.5) is 0 Å². The average molecular weight is 658 g/mol. The van der Waals surface area contributed by atoms with E-state index in [1.54, 1.807) is 11.9 Å². The van der Waals surface area contributed by atoms with E-state index in [1.807, 2.05) is 66.7 Å². The van der Waals surface area contributed by atoms with Crippen molar-refractivity contribution in [1.82, 2.24) is 24.9 Å². The Hall–Kier alpha value is -4.32. The van der Waals surface area contributed by atoms with Crippen LogP contribution in [0.3, 0.4) is 0 Å². The molecule has 3 fully saturated rings. The van der Waals surface area contributed by atoms with Crippen LogP contribution in [-0.4, -0.2) is 71.5 Å². The molecule has 246 valence electrons. The van der Waals surface area contributed by atoms with Gasteiger partial charge in [-0.05, 0) is 63.5 Å². The summed E-state index contributed by atoms with van der Waals surface area (Å²) in [4.78, 5) is 52.7. The predicted molar refractivity (Wildman–Crippen MR) is 175 cm³/mol. The molecule has 2 N–H and O–H groups in total. The van der Waals surface area contributed by atoms with Crippen molar-refractivity contribution in [3.05, 3.63) is 66.7 Å². The third-order valence-electron chi connectivity index (χ3n) is 9.88. The molecule has 7 rings (SSSR count). The first-order valence-corrected chi connectivity index (χ1v) is 18.0. The summed E-state index contributed by atoms with van der Waals surface area (Å²) in [5.74, 6) is -2.24. The van der Waals surface area contributed by atoms with Gasteiger partial charge in [0, 0.05) is 25.1 Å². The highest BCUT2D eigenvalue weighted by Crippen LogP contribution is 2.47. The summed E-state index contributed by atoms with van der Waals surface area (Å²) in [7, 11) is -2.06. The number of aromatic nitrogens is 2. The van der Waals surface area contributed by atoms with Gasteiger partial charge in [-0.1, -0.05) is 54.6 Å². The Kier molecular flexibility index (Phi) is 8.23. The molecule has 3 saturated carbocycles. The molecule has 0 spiro atoms. The van der Waals surface area contributed by atoms with Crippen molar-refractivity contribution in [3.63, 3.8) is 0 Å². The molecule has 1 aromatic heterocycles. The largest absolute Gasteiger partial charge is 0.474 e. The molecule has 0 saturated heterocycles. The maximum absolute atomic E-state index is 14.1. The van der Waals surface area contributed by atoms with Crippen LogP contribution in [0.25, 0.3) is 22.3 Å². The van der Waals surface area contributed by atoms with E-state index < -0.39 is 50.6 Å². The molecule has 1 aliphatic heterocycles. The van der Waals surface area contributed by atoms with Crippen molar-refractivity contribution >= 4 is 38.6 Å². The van der Waals surface area contributed by atoms with E-state index in [1.165, 1.54) is 0 Å². The van der Waals surface area contributed by atoms with Gasteiger partial charge in [-0.2, -0.15) is 4.98 Å². The number of ether oxygens (including phenoxy) is 1. The van der Waals surface area contributed by atoms with Gasteiger partial charge >= 0.3 is 0 Å². The van der Waals surface area contributed by atoms with Crippen molar-refractivity contribution in [2.24, 2.45) is 17.8 Å². The van der Waals surface area contributed by atoms with Gasteiger partial charge in [-0.15, -0.1) is 0 Å². The molecule has 0 bridgehead atoms. The highest BCUT2D eigenvalue weighted by Gasteiger charge is 2.62. The normalized spacial score (nSPS) is 28.8. The SMILES string of the molecule is CN1CCCC/C=C\C2CC2(C(=O)NS(=O)(=O)C2CC2)NC(=O)C2CC(Oc3nc(-c4ccccc4)nc4ccccc34)CC2C1=O. The standard InChI is InChI=1S/C35H39N5O6S/c1-40-18-10-3-2-7-13-23-21-35(23,34(43)39-47(44,45)25-16-17-25)38-31(41)27-19-24(20-28(27)33(40)42)46-32-26-14-8-9-15-29(26)36-30(37-32)22-11-5-4-6-12-22/h4-9,11-15,23-25,27-28H,2-3,10,16-21H2,1H3,(H,38,41)(H,39,43)/b13-7-. The third kappa shape index (κ3) is 6.35. The number of nitrogens with zero attached hydrogens (tertiary/aromatic N) is 3. The van der Waals surface area contributed by atoms with Crippen LogP contribution in [0.5, 0.6) is 5.88 Å². The Morgan fingerprint density at radius 2 is 1.74 bits per heavy atom. The van der Waals surface area contributed by atoms with E-state index in [0.717, 1.165) is 30.2 Å². The third-order valence-corrected chi connectivity index (χ3v) is 11.7. The summed E-state index contributed by atoms with van der Waals surface area (Å²) >= 11 is 0. The van der Waals surface area contributed by atoms with E-state index in [0.29, 0.717) is 49.4 Å². The van der Waals surface area contributed by atoms with Gasteiger partial charge in [0.05, 0.1) is 28.0 Å². The van der Waals surface area contributed by atoms with Gasteiger partial charge in [-0.3, -0.25) is 19.1 Å². The molecule has 2 aromatic carbocycles. The molecular formula is C35H39N5O6S. The van der Waals surface area contributed by atoms with E-state index in [9.17, 15) is 22.8 Å². The maximum atomic E-state index is 14.1. The molecule has 5 atom stereocenters. The van der Waals surface area contributed by atoms with Crippen molar-refractivity contribution < 1.29 is 27.5 Å². The summed E-state index contributed by atoms with van der Waals surface area (Å²) in [6.45, 7) is 0.564. The van der Waals surface area contributed by atoms with Crippen LogP contribution in [0.15, 0.2) is 66.7 Å². The van der Waals surface area contributed by atoms with Gasteiger partial charge < -0.3 is 15.0 Å². The van der Waals surface area contributed by atoms with Crippen LogP contribution in [-0.2, 0) is 24.4 Å². The zero-order chi connectivity index (χ0) is 32.8. The fraction of sp³-hybridized carbons (Fsp3) is 0.457. The lowest BCUT2D eigenvalue weighted by atomic mass is 9.93. The number of rotatable bonds is 6. The predicted octanol–water partition coefficient (Wildman–Crippen LogP) is 3.75. The fourth-order valence-corrected chi connectivity index (χ4v) is 8.27. The minimum Gasteiger partial charge on any atom is -0.474 e. The first-order valence-electron chi connectivity index (χ1n) is 16.4. The lowest BCUT2D eigenvalue weighted by Gasteiger charge is -2.26. The molecule has 0 radical (unpaired) electrons. The highest BCUT2D eigenvalue weighted by atomic mass is 32.2. The fourth-order valence-electron chi connectivity index (χ4n) is 6.90. The number of benzene rings is 2. The second-order valence-corrected chi connectivity index (χ2v) is 15.3. The molecule has 3 amide bonds. The number of fused-ring (bicyclic) bond motifs is 3. The van der Waals surface area contributed by atoms with Crippen LogP contribution in [0.1, 0.15) is 51.4 Å². The Balaban J connectivity index is 1.18. The summed E-state index contributed by atoms with van der Waals surface area (Å²) in [5.41, 5.74) is 0.161. The van der Waals surface area contributed by atoms with E-state index in [4.69, 9.17) is 14.7 Å². The number of para-hydroxylation sites is 1. The van der Waals surface area contributed by atoms with Crippen LogP contribution in [0.2, 0.25) is 0 Å². The summed E-state index contributed by atoms with van der Waals surface area (Å²) in [6, 6.07) is 17.2. The molecule has 2 heterocycles. The minimum absolute atomic E-state index is 0.150. The molecule has 47 heavy (non-hydrogen) atoms. The Morgan fingerprint density at radius 1 is 1.00 bits per heavy atom. The number of allylic oxidation sites excluding steroid dienone is 1. The topological polar surface area (TPSA) is 148 Å². The molecule has 5 unspecified atom stereocenters. The lowest BCUT2D eigenvalue weighted by molar-refractivity contribution is -0.140. The number of carbonyl (C=O) groups is 3. The second kappa shape index (κ2) is 12.4. The average Bonchev–Trinajstić information content (AvgIpc) is 3.99. The number of hydrogen-bond donors (Lipinski definition) is 2. The monoisotopic (exact) mass is 657 g/mol. The highest BCUT2D eigenvalue weighted by molar-refractivity contribution is 7.91. The number of carbonyl (C=O) groups excluding carboxylic acids is 3. The Labute approximate surface area is 274 Å². The summed E-state index contributed by atoms with van der Waals surface area (Å²) in [6.07, 6.45) is 7.62. The maximum Gasteiger partial charge on any atom is 0.259 e. The zero-order valence-corrected chi connectivity index (χ0v) is 27.1. The van der Waals surface area contributed by atoms with E-state index >= 15 is 0 Å². The van der Waals surface area contributed by atoms with Gasteiger partial charge in [0.1, 0.15) is 11.6 Å². The van der Waals surface area contributed by atoms with Crippen molar-refractivity contribution in [2.75, 3.05) is 13.6 Å². The van der Waals surface area contributed by atoms with Gasteiger partial charge in [0.25, 0.3) is 5.91 Å². The molecular weight excluding hydrogens is 618 g/mol. The van der Waals surface area contributed by atoms with E-state index in [-0.39, 0.29) is 18.2 Å². The molecule has 4 aliphatic rings. The minimum atomic E-state index is -3.81. The quantitative estimate of drug-likeness (QED) is 0.381. The molecule has 3 aliphatic carbocycles. The van der Waals surface area contributed by atoms with Crippen LogP contribution in [0, 0.1) is 17.8 Å². The Morgan fingerprint density at radius 3 is 2.53 bits per heavy atom. The number of hydrogen-bond acceptors (Lipinski definition) is 8. The van der Waals surface area contributed by atoms with E-state index in [2.05, 4.69) is 10.0 Å². The van der Waals surface area contributed by atoms with Crippen LogP contribution < -0.4 is 14.8 Å². The first-order chi connectivity index (χ1) is 22.6. The molecule has 3 aromatic rings. The second-order valence-electron chi connectivity index (χ2n) is 13.3. The summed E-state index contributed by atoms with van der Waals surface area (Å²) < 4.78 is 34.2. The van der Waals surface area contributed by atoms with Crippen molar-refractivity contribution in [1.29, 1.82) is 0 Å². The number of amides is 3. The number of sulfonamides is 1. The van der Waals surface area contributed by atoms with Gasteiger partial charge in [-0.25, -0.2) is 13.4 Å².